The molecule has 0 aliphatic rings. The lowest BCUT2D eigenvalue weighted by Crippen LogP contribution is -1.85. The number of ether oxygens (including phenoxy) is 1. The number of hydrogen-bond acceptors (Lipinski definition) is 2. The van der Waals surface area contributed by atoms with E-state index in [1.54, 1.807) is 13.1 Å². The van der Waals surface area contributed by atoms with Crippen LogP contribution >= 0.6 is 0 Å². The van der Waals surface area contributed by atoms with Gasteiger partial charge in [-0.1, -0.05) is 12.1 Å². The highest BCUT2D eigenvalue weighted by Crippen LogP contribution is 2.12. The van der Waals surface area contributed by atoms with Crippen LogP contribution in [-0.4, -0.2) is 13.1 Å². The Labute approximate surface area is 71.5 Å². The standard InChI is InChI=1S/C10H10O2/c1-12-10-6-2-4-9(8-10)5-3-7-11/h2-4,6,8H,5H2,1H3. The Morgan fingerprint density at radius 2 is 2.42 bits per heavy atom. The number of benzene rings is 1. The quantitative estimate of drug-likeness (QED) is 0.631. The molecule has 62 valence electrons. The van der Waals surface area contributed by atoms with E-state index in [2.05, 4.69) is 0 Å². The van der Waals surface area contributed by atoms with E-state index in [1.165, 1.54) is 6.08 Å². The van der Waals surface area contributed by atoms with Crippen LogP contribution < -0.4 is 4.74 Å². The van der Waals surface area contributed by atoms with Crippen molar-refractivity contribution in [3.8, 4) is 5.75 Å². The molecule has 0 radical (unpaired) electrons. The number of methoxy groups -OCH3 is 1. The summed E-state index contributed by atoms with van der Waals surface area (Å²) in [7, 11) is 1.62. The molecule has 0 amide bonds. The van der Waals surface area contributed by atoms with Crippen LogP contribution in [0.3, 0.4) is 0 Å². The van der Waals surface area contributed by atoms with Crippen molar-refractivity contribution in [1.82, 2.24) is 0 Å². The van der Waals surface area contributed by atoms with Crippen LogP contribution in [0.2, 0.25) is 0 Å². The first-order valence-corrected chi connectivity index (χ1v) is 3.69. The molecule has 12 heavy (non-hydrogen) atoms. The normalized spacial score (nSPS) is 8.75. The molecule has 0 unspecified atom stereocenters. The Bertz CT molecular complexity index is 298. The lowest BCUT2D eigenvalue weighted by Gasteiger charge is -2.00. The van der Waals surface area contributed by atoms with Gasteiger partial charge < -0.3 is 4.74 Å². The van der Waals surface area contributed by atoms with Gasteiger partial charge in [0, 0.05) is 12.5 Å². The first kappa shape index (κ1) is 8.57. The molecule has 0 heterocycles. The second-order valence-electron chi connectivity index (χ2n) is 2.38. The fourth-order valence-corrected chi connectivity index (χ4v) is 0.959. The van der Waals surface area contributed by atoms with E-state index in [0.717, 1.165) is 11.3 Å². The molecule has 0 fully saturated rings. The van der Waals surface area contributed by atoms with Gasteiger partial charge in [-0.05, 0) is 17.7 Å². The molecule has 0 saturated carbocycles. The molecule has 0 N–H and O–H groups in total. The SMILES string of the molecule is COc1cccc(CC=C=O)c1. The summed E-state index contributed by atoms with van der Waals surface area (Å²) in [5, 5.41) is 0. The Balaban J connectivity index is 2.78. The van der Waals surface area contributed by atoms with Crippen LogP contribution in [0.15, 0.2) is 30.3 Å². The van der Waals surface area contributed by atoms with Crippen molar-refractivity contribution >= 4 is 5.94 Å². The summed E-state index contributed by atoms with van der Waals surface area (Å²) in [6.07, 6.45) is 2.06. The van der Waals surface area contributed by atoms with Crippen molar-refractivity contribution < 1.29 is 9.53 Å². The van der Waals surface area contributed by atoms with Crippen LogP contribution in [0.5, 0.6) is 5.75 Å². The summed E-state index contributed by atoms with van der Waals surface area (Å²) >= 11 is 0. The Morgan fingerprint density at radius 3 is 3.08 bits per heavy atom. The topological polar surface area (TPSA) is 26.3 Å². The molecular formula is C10H10O2. The van der Waals surface area contributed by atoms with Gasteiger partial charge in [0.25, 0.3) is 0 Å². The van der Waals surface area contributed by atoms with E-state index in [4.69, 9.17) is 4.74 Å². The highest BCUT2D eigenvalue weighted by molar-refractivity contribution is 5.46. The van der Waals surface area contributed by atoms with Crippen LogP contribution in [0, 0.1) is 0 Å². The van der Waals surface area contributed by atoms with E-state index in [-0.39, 0.29) is 0 Å². The van der Waals surface area contributed by atoms with Crippen molar-refractivity contribution in [3.05, 3.63) is 35.9 Å². The third-order valence-electron chi connectivity index (χ3n) is 1.56. The van der Waals surface area contributed by atoms with Gasteiger partial charge in [-0.3, -0.25) is 0 Å². The zero-order chi connectivity index (χ0) is 8.81. The monoisotopic (exact) mass is 162 g/mol. The van der Waals surface area contributed by atoms with Crippen molar-refractivity contribution in [3.63, 3.8) is 0 Å². The predicted molar refractivity (Wildman–Crippen MR) is 47.0 cm³/mol. The van der Waals surface area contributed by atoms with Gasteiger partial charge in [-0.15, -0.1) is 0 Å². The second kappa shape index (κ2) is 4.37. The lowest BCUT2D eigenvalue weighted by atomic mass is 10.1. The van der Waals surface area contributed by atoms with E-state index in [9.17, 15) is 4.79 Å². The van der Waals surface area contributed by atoms with Crippen molar-refractivity contribution in [2.75, 3.05) is 7.11 Å². The average molecular weight is 162 g/mol. The number of hydrogen-bond donors (Lipinski definition) is 0. The molecule has 0 aliphatic carbocycles. The Hall–Kier alpha value is -1.53. The zero-order valence-corrected chi connectivity index (χ0v) is 6.91. The zero-order valence-electron chi connectivity index (χ0n) is 6.91. The van der Waals surface area contributed by atoms with Crippen LogP contribution in [-0.2, 0) is 11.2 Å². The minimum atomic E-state index is 0.612. The first-order chi connectivity index (χ1) is 5.86. The van der Waals surface area contributed by atoms with Crippen LogP contribution in [0.25, 0.3) is 0 Å². The fourth-order valence-electron chi connectivity index (χ4n) is 0.959. The van der Waals surface area contributed by atoms with E-state index >= 15 is 0 Å². The Kier molecular flexibility index (Phi) is 3.12. The molecule has 1 aromatic carbocycles. The average Bonchev–Trinajstić information content (AvgIpc) is 2.15. The van der Waals surface area contributed by atoms with Crippen molar-refractivity contribution in [1.29, 1.82) is 0 Å². The van der Waals surface area contributed by atoms with Gasteiger partial charge in [0.2, 0.25) is 0 Å². The lowest BCUT2D eigenvalue weighted by molar-refractivity contribution is 0.414. The molecule has 2 nitrogen and oxygen atoms in total. The smallest absolute Gasteiger partial charge is 0.120 e. The maximum absolute atomic E-state index is 9.92. The summed E-state index contributed by atoms with van der Waals surface area (Å²) in [5.41, 5.74) is 1.05. The Morgan fingerprint density at radius 1 is 1.58 bits per heavy atom. The first-order valence-electron chi connectivity index (χ1n) is 3.69. The molecule has 0 aromatic heterocycles. The highest BCUT2D eigenvalue weighted by atomic mass is 16.5. The fraction of sp³-hybridized carbons (Fsp3) is 0.200. The summed E-state index contributed by atoms with van der Waals surface area (Å²) in [6.45, 7) is 0. The minimum Gasteiger partial charge on any atom is -0.497 e. The summed E-state index contributed by atoms with van der Waals surface area (Å²) < 4.78 is 5.02. The van der Waals surface area contributed by atoms with Gasteiger partial charge in [0.05, 0.1) is 7.11 Å². The van der Waals surface area contributed by atoms with Gasteiger partial charge in [-0.2, -0.15) is 0 Å². The number of allylic oxidation sites excluding steroid dienone is 1. The minimum absolute atomic E-state index is 0.612. The predicted octanol–water partition coefficient (Wildman–Crippen LogP) is 1.63. The molecule has 2 heteroatoms. The number of rotatable bonds is 3. The molecule has 0 atom stereocenters. The summed E-state index contributed by atoms with van der Waals surface area (Å²) in [6, 6.07) is 7.60. The van der Waals surface area contributed by atoms with Gasteiger partial charge in [-0.25, -0.2) is 4.79 Å². The third-order valence-corrected chi connectivity index (χ3v) is 1.56. The second-order valence-corrected chi connectivity index (χ2v) is 2.38. The largest absolute Gasteiger partial charge is 0.497 e. The summed E-state index contributed by atoms with van der Waals surface area (Å²) in [4.78, 5) is 9.92. The van der Waals surface area contributed by atoms with Crippen LogP contribution in [0.1, 0.15) is 5.56 Å². The van der Waals surface area contributed by atoms with Gasteiger partial charge in [0.1, 0.15) is 11.7 Å². The molecule has 0 aliphatic heterocycles. The van der Waals surface area contributed by atoms with Gasteiger partial charge in [0.15, 0.2) is 0 Å². The van der Waals surface area contributed by atoms with Gasteiger partial charge >= 0.3 is 0 Å². The van der Waals surface area contributed by atoms with Crippen molar-refractivity contribution in [2.24, 2.45) is 0 Å². The highest BCUT2D eigenvalue weighted by Gasteiger charge is 1.92. The molecule has 0 bridgehead atoms. The summed E-state index contributed by atoms with van der Waals surface area (Å²) in [5.74, 6) is 2.55. The molecule has 0 saturated heterocycles. The van der Waals surface area contributed by atoms with E-state index in [0.29, 0.717) is 6.42 Å². The molecule has 0 spiro atoms. The molecule has 1 aromatic rings. The third kappa shape index (κ3) is 2.26. The van der Waals surface area contributed by atoms with E-state index < -0.39 is 0 Å². The van der Waals surface area contributed by atoms with Crippen LogP contribution in [0.4, 0.5) is 0 Å². The number of carbonyl (C=O) groups excluding carboxylic acids is 1. The maximum Gasteiger partial charge on any atom is 0.120 e. The van der Waals surface area contributed by atoms with Crippen molar-refractivity contribution in [2.45, 2.75) is 6.42 Å². The van der Waals surface area contributed by atoms with E-state index in [1.807, 2.05) is 24.3 Å². The molecule has 1 rings (SSSR count). The maximum atomic E-state index is 9.92. The molecular weight excluding hydrogens is 152 g/mol.